The summed E-state index contributed by atoms with van der Waals surface area (Å²) in [5.41, 5.74) is -0.837. The quantitative estimate of drug-likeness (QED) is 0.818. The van der Waals surface area contributed by atoms with Crippen LogP contribution in [0, 0.1) is 5.92 Å². The van der Waals surface area contributed by atoms with Gasteiger partial charge in [0.25, 0.3) is 5.56 Å². The minimum Gasteiger partial charge on any atom is -0.356 e. The van der Waals surface area contributed by atoms with Crippen LogP contribution in [0.2, 0.25) is 0 Å². The fourth-order valence-electron chi connectivity index (χ4n) is 3.22. The van der Waals surface area contributed by atoms with Crippen LogP contribution in [0.25, 0.3) is 11.2 Å². The molecule has 0 unspecified atom stereocenters. The lowest BCUT2D eigenvalue weighted by Gasteiger charge is -2.27. The van der Waals surface area contributed by atoms with E-state index in [4.69, 9.17) is 6.11 Å². The van der Waals surface area contributed by atoms with Gasteiger partial charge in [-0.05, 0) is 13.3 Å². The second-order valence-electron chi connectivity index (χ2n) is 5.92. The number of fused-ring (bicyclic) bond motifs is 1. The molecule has 1 aliphatic rings. The third kappa shape index (κ3) is 2.32. The highest BCUT2D eigenvalue weighted by atomic mass is 19.1. The summed E-state index contributed by atoms with van der Waals surface area (Å²) in [4.78, 5) is 23.1. The van der Waals surface area contributed by atoms with Gasteiger partial charge in [-0.3, -0.25) is 14.3 Å². The molecule has 7 nitrogen and oxygen atoms in total. The first-order valence-corrected chi connectivity index (χ1v) is 7.93. The average Bonchev–Trinajstić information content (AvgIpc) is 3.14. The smallest absolute Gasteiger partial charge is 0.280 e. The van der Waals surface area contributed by atoms with Crippen molar-refractivity contribution in [2.24, 2.45) is 5.92 Å². The number of alkyl halides is 1. The monoisotopic (exact) mass is 337 g/mol. The van der Waals surface area contributed by atoms with E-state index in [9.17, 15) is 9.18 Å². The fourth-order valence-corrected chi connectivity index (χ4v) is 3.22. The molecule has 8 heteroatoms. The van der Waals surface area contributed by atoms with E-state index in [0.717, 1.165) is 0 Å². The topological polar surface area (TPSA) is 84.8 Å². The van der Waals surface area contributed by atoms with Crippen molar-refractivity contribution < 1.29 is 10.5 Å². The van der Waals surface area contributed by atoms with E-state index in [1.165, 1.54) is 10.9 Å². The minimum absolute atomic E-state index is 0.118. The van der Waals surface area contributed by atoms with Gasteiger partial charge < -0.3 is 10.1 Å². The van der Waals surface area contributed by atoms with E-state index in [2.05, 4.69) is 26.8 Å². The molecule has 130 valence electrons. The Morgan fingerprint density at radius 2 is 2.50 bits per heavy atom. The summed E-state index contributed by atoms with van der Waals surface area (Å²) in [6.45, 7) is 7.97. The normalized spacial score (nSPS) is 30.5. The molecule has 3 heterocycles. The maximum Gasteiger partial charge on any atom is 0.280 e. The highest BCUT2D eigenvalue weighted by molar-refractivity contribution is 5.71. The number of ether oxygens (including phenoxy) is 1. The van der Waals surface area contributed by atoms with E-state index >= 15 is 0 Å². The van der Waals surface area contributed by atoms with Gasteiger partial charge in [-0.25, -0.2) is 9.37 Å². The summed E-state index contributed by atoms with van der Waals surface area (Å²) < 4.78 is 29.6. The molecule has 3 rings (SSSR count). The molecule has 1 fully saturated rings. The number of halogens is 1. The number of imidazole rings is 1. The molecule has 0 amide bonds. The summed E-state index contributed by atoms with van der Waals surface area (Å²) in [6, 6.07) is 0. The first-order valence-electron chi connectivity index (χ1n) is 8.63. The molecule has 0 saturated carbocycles. The SMILES string of the molecule is [3H]CCNc1nc2c(ncn2[C@@H]2O[C@](C=C)(CC)[C@@H](C)[C@H]2F)c(=O)[nH]1. The maximum absolute atomic E-state index is 15.0. The second kappa shape index (κ2) is 6.01. The molecule has 2 aromatic rings. The van der Waals surface area contributed by atoms with Crippen LogP contribution in [0.4, 0.5) is 10.3 Å². The van der Waals surface area contributed by atoms with Gasteiger partial charge in [0.05, 0.1) is 11.9 Å². The zero-order chi connectivity index (χ0) is 18.2. The summed E-state index contributed by atoms with van der Waals surface area (Å²) in [5.74, 6) is -0.168. The van der Waals surface area contributed by atoms with Crippen molar-refractivity contribution in [3.63, 3.8) is 0 Å². The second-order valence-corrected chi connectivity index (χ2v) is 5.92. The van der Waals surface area contributed by atoms with Crippen LogP contribution in [-0.4, -0.2) is 37.8 Å². The summed E-state index contributed by atoms with van der Waals surface area (Å²) in [5, 5.41) is 2.85. The lowest BCUT2D eigenvalue weighted by molar-refractivity contribution is -0.0602. The predicted octanol–water partition coefficient (Wildman–Crippen LogP) is 2.39. The third-order valence-corrected chi connectivity index (χ3v) is 4.76. The average molecular weight is 337 g/mol. The molecule has 0 aromatic carbocycles. The predicted molar refractivity (Wildman–Crippen MR) is 89.7 cm³/mol. The molecule has 0 spiro atoms. The summed E-state index contributed by atoms with van der Waals surface area (Å²) in [7, 11) is 0. The number of nitrogens with zero attached hydrogens (tertiary/aromatic N) is 3. The van der Waals surface area contributed by atoms with Gasteiger partial charge in [0.15, 0.2) is 23.6 Å². The fraction of sp³-hybridized carbons (Fsp3) is 0.562. The van der Waals surface area contributed by atoms with E-state index in [1.807, 2.05) is 6.92 Å². The Balaban J connectivity index is 2.05. The number of aromatic amines is 1. The number of aromatic nitrogens is 4. The Bertz CT molecular complexity index is 838. The molecular weight excluding hydrogens is 313 g/mol. The molecule has 2 N–H and O–H groups in total. The first kappa shape index (κ1) is 15.3. The Hall–Kier alpha value is -2.22. The molecule has 0 radical (unpaired) electrons. The van der Waals surface area contributed by atoms with Crippen molar-refractivity contribution in [1.29, 1.82) is 0 Å². The van der Waals surface area contributed by atoms with E-state index in [-0.39, 0.29) is 29.9 Å². The van der Waals surface area contributed by atoms with Crippen LogP contribution in [-0.2, 0) is 4.74 Å². The molecule has 4 atom stereocenters. The lowest BCUT2D eigenvalue weighted by Crippen LogP contribution is -2.32. The molecule has 0 aliphatic carbocycles. The van der Waals surface area contributed by atoms with Crippen LogP contribution in [0.5, 0.6) is 0 Å². The number of hydrogen-bond acceptors (Lipinski definition) is 5. The first-order chi connectivity index (χ1) is 12.0. The molecule has 24 heavy (non-hydrogen) atoms. The van der Waals surface area contributed by atoms with Crippen LogP contribution < -0.4 is 10.9 Å². The van der Waals surface area contributed by atoms with Crippen molar-refractivity contribution in [3.8, 4) is 0 Å². The van der Waals surface area contributed by atoms with Crippen molar-refractivity contribution in [3.05, 3.63) is 29.3 Å². The Morgan fingerprint density at radius 1 is 1.71 bits per heavy atom. The van der Waals surface area contributed by atoms with Gasteiger partial charge in [0.2, 0.25) is 5.95 Å². The van der Waals surface area contributed by atoms with Gasteiger partial charge in [0.1, 0.15) is 0 Å². The van der Waals surface area contributed by atoms with E-state index < -0.39 is 23.6 Å². The maximum atomic E-state index is 15.0. The molecule has 0 bridgehead atoms. The van der Waals surface area contributed by atoms with Crippen molar-refractivity contribution in [2.45, 2.75) is 45.2 Å². The summed E-state index contributed by atoms with van der Waals surface area (Å²) in [6.07, 6.45) is 1.38. The van der Waals surface area contributed by atoms with Crippen LogP contribution in [0.3, 0.4) is 0 Å². The molecule has 1 saturated heterocycles. The van der Waals surface area contributed by atoms with Crippen molar-refractivity contribution in [2.75, 3.05) is 11.9 Å². The number of hydrogen-bond donors (Lipinski definition) is 2. The van der Waals surface area contributed by atoms with Crippen molar-refractivity contribution >= 4 is 17.1 Å². The summed E-state index contributed by atoms with van der Waals surface area (Å²) >= 11 is 0. The largest absolute Gasteiger partial charge is 0.356 e. The number of rotatable bonds is 5. The van der Waals surface area contributed by atoms with Gasteiger partial charge in [-0.2, -0.15) is 4.98 Å². The molecular formula is C16H22FN5O2. The van der Waals surface area contributed by atoms with Crippen LogP contribution in [0.1, 0.15) is 34.8 Å². The minimum atomic E-state index is -1.29. The Morgan fingerprint density at radius 3 is 3.12 bits per heavy atom. The number of H-pyrrole nitrogens is 1. The van der Waals surface area contributed by atoms with Gasteiger partial charge in [0, 0.05) is 13.8 Å². The van der Waals surface area contributed by atoms with E-state index in [1.54, 1.807) is 13.0 Å². The van der Waals surface area contributed by atoms with E-state index in [0.29, 0.717) is 13.0 Å². The molecule has 2 aromatic heterocycles. The lowest BCUT2D eigenvalue weighted by atomic mass is 9.85. The zero-order valence-electron chi connectivity index (χ0n) is 14.8. The zero-order valence-corrected chi connectivity index (χ0v) is 13.8. The van der Waals surface area contributed by atoms with Gasteiger partial charge in [-0.1, -0.05) is 19.9 Å². The highest BCUT2D eigenvalue weighted by Crippen LogP contribution is 2.46. The number of anilines is 1. The highest BCUT2D eigenvalue weighted by Gasteiger charge is 2.51. The third-order valence-electron chi connectivity index (χ3n) is 4.76. The molecule has 1 aliphatic heterocycles. The van der Waals surface area contributed by atoms with Crippen LogP contribution >= 0.6 is 0 Å². The van der Waals surface area contributed by atoms with Crippen molar-refractivity contribution in [1.82, 2.24) is 19.5 Å². The number of nitrogens with one attached hydrogen (secondary N) is 2. The van der Waals surface area contributed by atoms with Gasteiger partial charge in [-0.15, -0.1) is 6.58 Å². The van der Waals surface area contributed by atoms with Gasteiger partial charge >= 0.3 is 0 Å². The Kier molecular flexibility index (Phi) is 3.84. The standard InChI is InChI=1S/C16H22FN5O2/c1-5-16(6-2)9(4)10(17)14(24-16)22-8-19-11-12(22)20-15(18-7-3)21-13(11)23/h5,8-10,14H,1,6-7H2,2-4H3,(H2,18,20,21,23)/t9-,10+,14+,16+/m0/s1/i3T. The Labute approximate surface area is 140 Å². The van der Waals surface area contributed by atoms with Crippen LogP contribution in [0.15, 0.2) is 23.8 Å².